The van der Waals surface area contributed by atoms with Crippen LogP contribution in [0.4, 0.5) is 0 Å². The van der Waals surface area contributed by atoms with Gasteiger partial charge in [0.05, 0.1) is 18.2 Å². The summed E-state index contributed by atoms with van der Waals surface area (Å²) in [6.45, 7) is 0.0197. The highest BCUT2D eigenvalue weighted by molar-refractivity contribution is 5.84. The Labute approximate surface area is 75.2 Å². The van der Waals surface area contributed by atoms with Crippen LogP contribution in [0.5, 0.6) is 0 Å². The number of rotatable bonds is 1. The van der Waals surface area contributed by atoms with Gasteiger partial charge in [-0.05, 0) is 12.1 Å². The number of H-pyrrole nitrogens is 1. The summed E-state index contributed by atoms with van der Waals surface area (Å²) in [6.07, 6.45) is 1.76. The lowest BCUT2D eigenvalue weighted by Crippen LogP contribution is -1.79. The van der Waals surface area contributed by atoms with Crippen molar-refractivity contribution in [3.05, 3.63) is 35.5 Å². The van der Waals surface area contributed by atoms with E-state index in [1.165, 1.54) is 0 Å². The molecular weight excluding hydrogens is 164 g/mol. The highest BCUT2D eigenvalue weighted by Gasteiger charge is 2.02. The van der Waals surface area contributed by atoms with Crippen molar-refractivity contribution in [3.8, 4) is 6.07 Å². The summed E-state index contributed by atoms with van der Waals surface area (Å²) < 4.78 is 0. The van der Waals surface area contributed by atoms with E-state index in [1.54, 1.807) is 18.3 Å². The van der Waals surface area contributed by atoms with Crippen LogP contribution in [0.25, 0.3) is 10.9 Å². The third kappa shape index (κ3) is 1.17. The Kier molecular flexibility index (Phi) is 1.76. The Morgan fingerprint density at radius 1 is 1.46 bits per heavy atom. The number of aromatic nitrogens is 1. The van der Waals surface area contributed by atoms with Gasteiger partial charge in [-0.15, -0.1) is 0 Å². The molecule has 13 heavy (non-hydrogen) atoms. The van der Waals surface area contributed by atoms with Crippen LogP contribution in [-0.2, 0) is 6.61 Å². The summed E-state index contributed by atoms with van der Waals surface area (Å²) in [5, 5.41) is 18.6. The molecule has 2 aromatic rings. The third-order valence-electron chi connectivity index (χ3n) is 2.07. The van der Waals surface area contributed by atoms with Crippen LogP contribution in [0.15, 0.2) is 24.4 Å². The molecule has 0 radical (unpaired) electrons. The van der Waals surface area contributed by atoms with Crippen molar-refractivity contribution in [1.82, 2.24) is 4.98 Å². The van der Waals surface area contributed by atoms with Crippen molar-refractivity contribution in [2.45, 2.75) is 6.61 Å². The summed E-state index contributed by atoms with van der Waals surface area (Å²) in [5.74, 6) is 0. The van der Waals surface area contributed by atoms with E-state index in [4.69, 9.17) is 10.4 Å². The van der Waals surface area contributed by atoms with Crippen LogP contribution in [-0.4, -0.2) is 10.1 Å². The molecule has 0 amide bonds. The average molecular weight is 172 g/mol. The molecule has 0 spiro atoms. The number of aromatic amines is 1. The predicted octanol–water partition coefficient (Wildman–Crippen LogP) is 1.53. The summed E-state index contributed by atoms with van der Waals surface area (Å²) in [6, 6.07) is 7.42. The van der Waals surface area contributed by atoms with Gasteiger partial charge in [-0.2, -0.15) is 5.26 Å². The molecule has 3 nitrogen and oxygen atoms in total. The van der Waals surface area contributed by atoms with Crippen LogP contribution in [0.1, 0.15) is 11.1 Å². The molecule has 0 fully saturated rings. The van der Waals surface area contributed by atoms with Crippen LogP contribution in [0.2, 0.25) is 0 Å². The van der Waals surface area contributed by atoms with Gasteiger partial charge in [0.2, 0.25) is 0 Å². The second-order valence-electron chi connectivity index (χ2n) is 2.84. The molecule has 2 rings (SSSR count). The van der Waals surface area contributed by atoms with Crippen LogP contribution >= 0.6 is 0 Å². The van der Waals surface area contributed by atoms with Crippen LogP contribution < -0.4 is 0 Å². The van der Waals surface area contributed by atoms with Gasteiger partial charge in [-0.25, -0.2) is 0 Å². The van der Waals surface area contributed by atoms with Gasteiger partial charge in [0.1, 0.15) is 0 Å². The van der Waals surface area contributed by atoms with E-state index in [0.717, 1.165) is 16.5 Å². The Hall–Kier alpha value is -1.79. The first-order chi connectivity index (χ1) is 6.35. The van der Waals surface area contributed by atoms with Crippen molar-refractivity contribution in [2.24, 2.45) is 0 Å². The van der Waals surface area contributed by atoms with Gasteiger partial charge < -0.3 is 10.1 Å². The Bertz CT molecular complexity index is 479. The SMILES string of the molecule is N#Cc1ccc2c(CO)c[nH]c2c1. The first-order valence-electron chi connectivity index (χ1n) is 3.96. The number of nitriles is 1. The molecule has 1 heterocycles. The monoisotopic (exact) mass is 172 g/mol. The van der Waals surface area contributed by atoms with Gasteiger partial charge >= 0.3 is 0 Å². The van der Waals surface area contributed by atoms with Gasteiger partial charge in [0.15, 0.2) is 0 Å². The van der Waals surface area contributed by atoms with Crippen molar-refractivity contribution in [2.75, 3.05) is 0 Å². The number of hydrogen-bond acceptors (Lipinski definition) is 2. The number of nitrogens with one attached hydrogen (secondary N) is 1. The highest BCUT2D eigenvalue weighted by Crippen LogP contribution is 2.19. The first kappa shape index (κ1) is 7.84. The molecule has 0 atom stereocenters. The minimum atomic E-state index is 0.0197. The van der Waals surface area contributed by atoms with E-state index in [0.29, 0.717) is 5.56 Å². The normalized spacial score (nSPS) is 10.2. The fraction of sp³-hybridized carbons (Fsp3) is 0.100. The molecule has 64 valence electrons. The smallest absolute Gasteiger partial charge is 0.0992 e. The van der Waals surface area contributed by atoms with Gasteiger partial charge in [0, 0.05) is 22.7 Å². The molecule has 1 aromatic heterocycles. The number of aliphatic hydroxyl groups is 1. The van der Waals surface area contributed by atoms with E-state index in [9.17, 15) is 0 Å². The summed E-state index contributed by atoms with van der Waals surface area (Å²) in [5.41, 5.74) is 2.38. The van der Waals surface area contributed by atoms with Gasteiger partial charge in [-0.3, -0.25) is 0 Å². The van der Waals surface area contributed by atoms with Gasteiger partial charge in [0.25, 0.3) is 0 Å². The lowest BCUT2D eigenvalue weighted by molar-refractivity contribution is 0.283. The van der Waals surface area contributed by atoms with E-state index in [-0.39, 0.29) is 6.61 Å². The average Bonchev–Trinajstić information content (AvgIpc) is 2.59. The fourth-order valence-corrected chi connectivity index (χ4v) is 1.39. The summed E-state index contributed by atoms with van der Waals surface area (Å²) in [4.78, 5) is 3.00. The minimum absolute atomic E-state index is 0.0197. The second-order valence-corrected chi connectivity index (χ2v) is 2.84. The number of hydrogen-bond donors (Lipinski definition) is 2. The highest BCUT2D eigenvalue weighted by atomic mass is 16.3. The molecule has 0 aliphatic carbocycles. The summed E-state index contributed by atoms with van der Waals surface area (Å²) in [7, 11) is 0. The molecule has 1 aromatic carbocycles. The first-order valence-corrected chi connectivity index (χ1v) is 3.96. The maximum atomic E-state index is 8.97. The zero-order valence-electron chi connectivity index (χ0n) is 6.91. The topological polar surface area (TPSA) is 59.8 Å². The van der Waals surface area contributed by atoms with Crippen molar-refractivity contribution in [1.29, 1.82) is 5.26 Å². The molecule has 0 saturated heterocycles. The standard InChI is InChI=1S/C10H8N2O/c11-4-7-1-2-9-8(6-13)5-12-10(9)3-7/h1-3,5,12-13H,6H2. The maximum Gasteiger partial charge on any atom is 0.0992 e. The minimum Gasteiger partial charge on any atom is -0.392 e. The van der Waals surface area contributed by atoms with E-state index in [2.05, 4.69) is 11.1 Å². The van der Waals surface area contributed by atoms with Crippen molar-refractivity contribution < 1.29 is 5.11 Å². The van der Waals surface area contributed by atoms with Gasteiger partial charge in [-0.1, -0.05) is 6.07 Å². The number of benzene rings is 1. The van der Waals surface area contributed by atoms with Crippen LogP contribution in [0, 0.1) is 11.3 Å². The Balaban J connectivity index is 2.70. The second kappa shape index (κ2) is 2.92. The quantitative estimate of drug-likeness (QED) is 0.685. The summed E-state index contributed by atoms with van der Waals surface area (Å²) >= 11 is 0. The predicted molar refractivity (Wildman–Crippen MR) is 48.9 cm³/mol. The zero-order valence-corrected chi connectivity index (χ0v) is 6.91. The Morgan fingerprint density at radius 2 is 2.31 bits per heavy atom. The van der Waals surface area contributed by atoms with Crippen molar-refractivity contribution >= 4 is 10.9 Å². The lowest BCUT2D eigenvalue weighted by Gasteiger charge is -1.93. The third-order valence-corrected chi connectivity index (χ3v) is 2.07. The molecule has 0 aliphatic rings. The molecule has 0 aliphatic heterocycles. The molecule has 0 saturated carbocycles. The zero-order chi connectivity index (χ0) is 9.26. The van der Waals surface area contributed by atoms with Crippen molar-refractivity contribution in [3.63, 3.8) is 0 Å². The molecule has 0 unspecified atom stereocenters. The number of aliphatic hydroxyl groups excluding tert-OH is 1. The number of nitrogens with zero attached hydrogens (tertiary/aromatic N) is 1. The largest absolute Gasteiger partial charge is 0.392 e. The molecule has 3 heteroatoms. The number of fused-ring (bicyclic) bond motifs is 1. The van der Waals surface area contributed by atoms with Crippen LogP contribution in [0.3, 0.4) is 0 Å². The molecular formula is C10H8N2O. The molecule has 2 N–H and O–H groups in total. The van der Waals surface area contributed by atoms with E-state index >= 15 is 0 Å². The fourth-order valence-electron chi connectivity index (χ4n) is 1.39. The van der Waals surface area contributed by atoms with E-state index < -0.39 is 0 Å². The van der Waals surface area contributed by atoms with E-state index in [1.807, 2.05) is 6.07 Å². The Morgan fingerprint density at radius 3 is 3.00 bits per heavy atom. The molecule has 0 bridgehead atoms. The maximum absolute atomic E-state index is 8.97. The lowest BCUT2D eigenvalue weighted by atomic mass is 10.1.